The molecular weight excluding hydrogens is 298 g/mol. The lowest BCUT2D eigenvalue weighted by molar-refractivity contribution is -0.385. The summed E-state index contributed by atoms with van der Waals surface area (Å²) in [5.41, 5.74) is 0.509. The van der Waals surface area contributed by atoms with E-state index in [4.69, 9.17) is 21.4 Å². The van der Waals surface area contributed by atoms with E-state index in [0.29, 0.717) is 10.6 Å². The SMILES string of the molecule is O=C(O)c1cccc(COc2cc(Cl)ccc2[N+](=O)[O-])c1. The van der Waals surface area contributed by atoms with Gasteiger partial charge in [0, 0.05) is 17.2 Å². The Bertz CT molecular complexity index is 702. The number of carboxylic acid groups (broad SMARTS) is 1. The molecule has 0 spiro atoms. The summed E-state index contributed by atoms with van der Waals surface area (Å²) in [5.74, 6) is -1.01. The second kappa shape index (κ2) is 6.23. The smallest absolute Gasteiger partial charge is 0.335 e. The number of halogens is 1. The van der Waals surface area contributed by atoms with Gasteiger partial charge in [-0.2, -0.15) is 0 Å². The maximum atomic E-state index is 10.9. The molecule has 1 N–H and O–H groups in total. The lowest BCUT2D eigenvalue weighted by atomic mass is 10.1. The summed E-state index contributed by atoms with van der Waals surface area (Å²) in [4.78, 5) is 21.2. The predicted molar refractivity (Wildman–Crippen MR) is 75.8 cm³/mol. The molecule has 21 heavy (non-hydrogen) atoms. The van der Waals surface area contributed by atoms with Gasteiger partial charge in [-0.25, -0.2) is 4.79 Å². The van der Waals surface area contributed by atoms with E-state index in [9.17, 15) is 14.9 Å². The normalized spacial score (nSPS) is 10.1. The maximum Gasteiger partial charge on any atom is 0.335 e. The van der Waals surface area contributed by atoms with Gasteiger partial charge in [0.1, 0.15) is 6.61 Å². The molecule has 6 nitrogen and oxygen atoms in total. The van der Waals surface area contributed by atoms with Gasteiger partial charge in [-0.3, -0.25) is 10.1 Å². The lowest BCUT2D eigenvalue weighted by Crippen LogP contribution is -2.01. The number of hydrogen-bond acceptors (Lipinski definition) is 4. The average molecular weight is 308 g/mol. The topological polar surface area (TPSA) is 89.7 Å². The highest BCUT2D eigenvalue weighted by molar-refractivity contribution is 6.30. The highest BCUT2D eigenvalue weighted by Gasteiger charge is 2.15. The Morgan fingerprint density at radius 1 is 1.29 bits per heavy atom. The van der Waals surface area contributed by atoms with Crippen molar-refractivity contribution in [3.8, 4) is 5.75 Å². The molecule has 0 aliphatic rings. The number of nitrogens with zero attached hydrogens (tertiary/aromatic N) is 1. The van der Waals surface area contributed by atoms with Gasteiger partial charge in [-0.15, -0.1) is 0 Å². The molecule has 108 valence electrons. The molecular formula is C14H10ClNO5. The van der Waals surface area contributed by atoms with Gasteiger partial charge in [0.05, 0.1) is 10.5 Å². The summed E-state index contributed by atoms with van der Waals surface area (Å²) in [6.07, 6.45) is 0. The molecule has 7 heteroatoms. The number of nitro benzene ring substituents is 1. The van der Waals surface area contributed by atoms with Gasteiger partial charge >= 0.3 is 11.7 Å². The standard InChI is InChI=1S/C14H10ClNO5/c15-11-4-5-12(16(19)20)13(7-11)21-8-9-2-1-3-10(6-9)14(17)18/h1-7H,8H2,(H,17,18). The van der Waals surface area contributed by atoms with Crippen molar-refractivity contribution in [3.63, 3.8) is 0 Å². The monoisotopic (exact) mass is 307 g/mol. The number of carbonyl (C=O) groups is 1. The molecule has 0 unspecified atom stereocenters. The van der Waals surface area contributed by atoms with Crippen LogP contribution in [0.15, 0.2) is 42.5 Å². The maximum absolute atomic E-state index is 10.9. The van der Waals surface area contributed by atoms with E-state index in [1.54, 1.807) is 12.1 Å². The molecule has 2 aromatic rings. The molecule has 0 atom stereocenters. The first-order valence-corrected chi connectivity index (χ1v) is 6.24. The Balaban J connectivity index is 2.20. The van der Waals surface area contributed by atoms with Crippen LogP contribution in [0.25, 0.3) is 0 Å². The molecule has 0 aromatic heterocycles. The quantitative estimate of drug-likeness (QED) is 0.674. The van der Waals surface area contributed by atoms with E-state index in [1.807, 2.05) is 0 Å². The van der Waals surface area contributed by atoms with Crippen molar-refractivity contribution < 1.29 is 19.6 Å². The van der Waals surface area contributed by atoms with Crippen LogP contribution in [0.3, 0.4) is 0 Å². The lowest BCUT2D eigenvalue weighted by Gasteiger charge is -2.08. The van der Waals surface area contributed by atoms with Crippen LogP contribution in [0.2, 0.25) is 5.02 Å². The average Bonchev–Trinajstić information content (AvgIpc) is 2.45. The minimum Gasteiger partial charge on any atom is -0.482 e. The van der Waals surface area contributed by atoms with Gasteiger partial charge in [0.15, 0.2) is 5.75 Å². The van der Waals surface area contributed by atoms with Crippen LogP contribution < -0.4 is 4.74 Å². The molecule has 0 bridgehead atoms. The van der Waals surface area contributed by atoms with Crippen molar-refractivity contribution in [3.05, 3.63) is 68.7 Å². The van der Waals surface area contributed by atoms with E-state index >= 15 is 0 Å². The Hall–Kier alpha value is -2.60. The fourth-order valence-electron chi connectivity index (χ4n) is 1.71. The third kappa shape index (κ3) is 3.70. The molecule has 0 saturated carbocycles. The van der Waals surface area contributed by atoms with Crippen molar-refractivity contribution in [1.29, 1.82) is 0 Å². The van der Waals surface area contributed by atoms with Gasteiger partial charge in [-0.1, -0.05) is 23.7 Å². The number of rotatable bonds is 5. The van der Waals surface area contributed by atoms with Gasteiger partial charge in [0.25, 0.3) is 0 Å². The summed E-state index contributed by atoms with van der Waals surface area (Å²) >= 11 is 5.79. The number of nitro groups is 1. The Morgan fingerprint density at radius 3 is 2.71 bits per heavy atom. The molecule has 2 rings (SSSR count). The zero-order valence-corrected chi connectivity index (χ0v) is 11.4. The fraction of sp³-hybridized carbons (Fsp3) is 0.0714. The Morgan fingerprint density at radius 2 is 2.05 bits per heavy atom. The molecule has 2 aromatic carbocycles. The van der Waals surface area contributed by atoms with Gasteiger partial charge < -0.3 is 9.84 Å². The van der Waals surface area contributed by atoms with E-state index in [2.05, 4.69) is 0 Å². The second-order valence-electron chi connectivity index (χ2n) is 4.16. The summed E-state index contributed by atoms with van der Waals surface area (Å²) in [6.45, 7) is 0.00228. The predicted octanol–water partition coefficient (Wildman–Crippen LogP) is 3.53. The summed E-state index contributed by atoms with van der Waals surface area (Å²) in [5, 5.41) is 20.1. The molecule has 0 aliphatic heterocycles. The molecule has 0 aliphatic carbocycles. The van der Waals surface area contributed by atoms with Crippen molar-refractivity contribution >= 4 is 23.3 Å². The van der Waals surface area contributed by atoms with Crippen LogP contribution >= 0.6 is 11.6 Å². The van der Waals surface area contributed by atoms with Crippen molar-refractivity contribution in [2.24, 2.45) is 0 Å². The zero-order valence-electron chi connectivity index (χ0n) is 10.7. The van der Waals surface area contributed by atoms with Crippen LogP contribution in [0, 0.1) is 10.1 Å². The zero-order chi connectivity index (χ0) is 15.4. The van der Waals surface area contributed by atoms with E-state index in [1.165, 1.54) is 30.3 Å². The van der Waals surface area contributed by atoms with Gasteiger partial charge in [-0.05, 0) is 23.8 Å². The van der Waals surface area contributed by atoms with E-state index in [0.717, 1.165) is 0 Å². The summed E-state index contributed by atoms with van der Waals surface area (Å²) in [6, 6.07) is 10.1. The number of hydrogen-bond donors (Lipinski definition) is 1. The van der Waals surface area contributed by atoms with Crippen LogP contribution in [-0.2, 0) is 6.61 Å². The minimum atomic E-state index is -1.05. The Labute approximate surface area is 124 Å². The highest BCUT2D eigenvalue weighted by atomic mass is 35.5. The molecule has 0 fully saturated rings. The van der Waals surface area contributed by atoms with Crippen LogP contribution in [0.1, 0.15) is 15.9 Å². The summed E-state index contributed by atoms with van der Waals surface area (Å²) < 4.78 is 5.38. The first-order valence-electron chi connectivity index (χ1n) is 5.86. The van der Waals surface area contributed by atoms with Crippen LogP contribution in [0.4, 0.5) is 5.69 Å². The molecule has 0 heterocycles. The third-order valence-corrected chi connectivity index (χ3v) is 2.92. The second-order valence-corrected chi connectivity index (χ2v) is 4.60. The Kier molecular flexibility index (Phi) is 4.39. The van der Waals surface area contributed by atoms with Gasteiger partial charge in [0.2, 0.25) is 0 Å². The largest absolute Gasteiger partial charge is 0.482 e. The van der Waals surface area contributed by atoms with E-state index < -0.39 is 10.9 Å². The number of aromatic carboxylic acids is 1. The minimum absolute atomic E-state index is 0.00228. The number of carboxylic acids is 1. The number of benzene rings is 2. The fourth-order valence-corrected chi connectivity index (χ4v) is 1.87. The first kappa shape index (κ1) is 14.8. The van der Waals surface area contributed by atoms with Crippen molar-refractivity contribution in [2.45, 2.75) is 6.61 Å². The third-order valence-electron chi connectivity index (χ3n) is 2.69. The molecule has 0 amide bonds. The highest BCUT2D eigenvalue weighted by Crippen LogP contribution is 2.30. The van der Waals surface area contributed by atoms with Crippen molar-refractivity contribution in [2.75, 3.05) is 0 Å². The number of ether oxygens (including phenoxy) is 1. The molecule has 0 radical (unpaired) electrons. The van der Waals surface area contributed by atoms with E-state index in [-0.39, 0.29) is 23.6 Å². The van der Waals surface area contributed by atoms with Crippen molar-refractivity contribution in [1.82, 2.24) is 0 Å². The molecule has 0 saturated heterocycles. The van der Waals surface area contributed by atoms with Crippen LogP contribution in [0.5, 0.6) is 5.75 Å². The first-order chi connectivity index (χ1) is 9.97. The summed E-state index contributed by atoms with van der Waals surface area (Å²) in [7, 11) is 0. The van der Waals surface area contributed by atoms with Crippen LogP contribution in [-0.4, -0.2) is 16.0 Å².